The van der Waals surface area contributed by atoms with Gasteiger partial charge in [-0.3, -0.25) is 4.98 Å². The molecule has 0 aliphatic heterocycles. The van der Waals surface area contributed by atoms with E-state index in [9.17, 15) is 0 Å². The molecule has 2 rings (SSSR count). The van der Waals surface area contributed by atoms with E-state index in [1.807, 2.05) is 6.07 Å². The lowest BCUT2D eigenvalue weighted by molar-refractivity contribution is 1.40. The summed E-state index contributed by atoms with van der Waals surface area (Å²) in [5.41, 5.74) is 0.798. The van der Waals surface area contributed by atoms with Crippen molar-refractivity contribution in [2.45, 2.75) is 0 Å². The van der Waals surface area contributed by atoms with Crippen LogP contribution in [0.2, 0.25) is 10.0 Å². The van der Waals surface area contributed by atoms with Crippen LogP contribution in [0, 0.1) is 0 Å². The summed E-state index contributed by atoms with van der Waals surface area (Å²) in [6, 6.07) is 5.34. The Kier molecular flexibility index (Phi) is 2.45. The Morgan fingerprint density at radius 1 is 1.23 bits per heavy atom. The largest absolute Gasteiger partial charge is 0.256 e. The zero-order valence-corrected chi connectivity index (χ0v) is 9.49. The predicted molar refractivity (Wildman–Crippen MR) is 59.5 cm³/mol. The Labute approximate surface area is 93.8 Å². The molecule has 0 saturated carbocycles. The van der Waals surface area contributed by atoms with Crippen molar-refractivity contribution in [2.75, 3.05) is 0 Å². The van der Waals surface area contributed by atoms with Crippen molar-refractivity contribution in [3.8, 4) is 0 Å². The molecule has 0 N–H and O–H groups in total. The first-order valence-corrected chi connectivity index (χ1v) is 5.12. The number of hydrogen-bond donors (Lipinski definition) is 0. The Morgan fingerprint density at radius 3 is 2.77 bits per heavy atom. The average Bonchev–Trinajstić information content (AvgIpc) is 2.02. The minimum Gasteiger partial charge on any atom is -0.256 e. The Morgan fingerprint density at radius 2 is 2.00 bits per heavy atom. The second kappa shape index (κ2) is 3.45. The third kappa shape index (κ3) is 1.66. The monoisotopic (exact) mass is 275 g/mol. The lowest BCUT2D eigenvalue weighted by atomic mass is 10.2. The first-order chi connectivity index (χ1) is 6.18. The Bertz CT molecular complexity index is 470. The van der Waals surface area contributed by atoms with E-state index in [1.54, 1.807) is 18.3 Å². The summed E-state index contributed by atoms with van der Waals surface area (Å²) < 4.78 is 0.930. The molecule has 0 radical (unpaired) electrons. The van der Waals surface area contributed by atoms with E-state index in [1.165, 1.54) is 0 Å². The molecule has 2 aromatic rings. The molecule has 1 nitrogen and oxygen atoms in total. The highest BCUT2D eigenvalue weighted by Crippen LogP contribution is 2.31. The summed E-state index contributed by atoms with van der Waals surface area (Å²) in [6.45, 7) is 0. The van der Waals surface area contributed by atoms with Crippen molar-refractivity contribution < 1.29 is 0 Å². The fraction of sp³-hybridized carbons (Fsp3) is 0. The molecule has 13 heavy (non-hydrogen) atoms. The van der Waals surface area contributed by atoms with Gasteiger partial charge < -0.3 is 0 Å². The van der Waals surface area contributed by atoms with Gasteiger partial charge in [-0.05, 0) is 34.1 Å². The SMILES string of the molecule is Clc1cc(Cl)c2c(Br)ccnc2c1. The average molecular weight is 277 g/mol. The second-order valence-corrected chi connectivity index (χ2v) is 4.27. The topological polar surface area (TPSA) is 12.9 Å². The minimum atomic E-state index is 0.600. The van der Waals surface area contributed by atoms with E-state index in [0.717, 1.165) is 15.4 Å². The van der Waals surface area contributed by atoms with Gasteiger partial charge in [0.1, 0.15) is 0 Å². The van der Waals surface area contributed by atoms with Crippen LogP contribution >= 0.6 is 39.1 Å². The van der Waals surface area contributed by atoms with E-state index in [2.05, 4.69) is 20.9 Å². The smallest absolute Gasteiger partial charge is 0.0743 e. The van der Waals surface area contributed by atoms with Crippen LogP contribution in [0.4, 0.5) is 0 Å². The van der Waals surface area contributed by atoms with Crippen molar-refractivity contribution in [2.24, 2.45) is 0 Å². The molecule has 0 saturated heterocycles. The zero-order chi connectivity index (χ0) is 9.42. The molecule has 4 heteroatoms. The van der Waals surface area contributed by atoms with Crippen LogP contribution in [0.15, 0.2) is 28.9 Å². The zero-order valence-electron chi connectivity index (χ0n) is 6.39. The first kappa shape index (κ1) is 9.25. The summed E-state index contributed by atoms with van der Waals surface area (Å²) in [5.74, 6) is 0. The van der Waals surface area contributed by atoms with E-state index >= 15 is 0 Å². The van der Waals surface area contributed by atoms with Crippen LogP contribution in [0.1, 0.15) is 0 Å². The highest BCUT2D eigenvalue weighted by molar-refractivity contribution is 9.10. The van der Waals surface area contributed by atoms with Crippen LogP contribution in [0.5, 0.6) is 0 Å². The first-order valence-electron chi connectivity index (χ1n) is 3.58. The minimum absolute atomic E-state index is 0.600. The predicted octanol–water partition coefficient (Wildman–Crippen LogP) is 4.30. The highest BCUT2D eigenvalue weighted by Gasteiger charge is 2.05. The van der Waals surface area contributed by atoms with Crippen LogP contribution in [0.25, 0.3) is 10.9 Å². The number of halogens is 3. The van der Waals surface area contributed by atoms with Crippen LogP contribution < -0.4 is 0 Å². The number of nitrogens with zero attached hydrogens (tertiary/aromatic N) is 1. The van der Waals surface area contributed by atoms with Gasteiger partial charge in [0.15, 0.2) is 0 Å². The molecular weight excluding hydrogens is 273 g/mol. The summed E-state index contributed by atoms with van der Waals surface area (Å²) in [7, 11) is 0. The maximum atomic E-state index is 6.01. The van der Waals surface area contributed by atoms with Crippen molar-refractivity contribution in [1.29, 1.82) is 0 Å². The van der Waals surface area contributed by atoms with Crippen molar-refractivity contribution >= 4 is 50.0 Å². The van der Waals surface area contributed by atoms with Crippen LogP contribution in [-0.2, 0) is 0 Å². The molecule has 0 amide bonds. The molecule has 0 aliphatic carbocycles. The van der Waals surface area contributed by atoms with Gasteiger partial charge in [-0.15, -0.1) is 0 Å². The van der Waals surface area contributed by atoms with Gasteiger partial charge in [-0.2, -0.15) is 0 Å². The van der Waals surface area contributed by atoms with Gasteiger partial charge in [0.05, 0.1) is 10.5 Å². The third-order valence-corrected chi connectivity index (χ3v) is 2.88. The number of aromatic nitrogens is 1. The van der Waals surface area contributed by atoms with Crippen molar-refractivity contribution in [1.82, 2.24) is 4.98 Å². The quantitative estimate of drug-likeness (QED) is 0.699. The summed E-state index contributed by atoms with van der Waals surface area (Å²) in [6.07, 6.45) is 1.71. The maximum Gasteiger partial charge on any atom is 0.0743 e. The fourth-order valence-corrected chi connectivity index (χ4v) is 2.40. The summed E-state index contributed by atoms with van der Waals surface area (Å²) >= 11 is 15.3. The number of benzene rings is 1. The van der Waals surface area contributed by atoms with Gasteiger partial charge in [0.25, 0.3) is 0 Å². The number of fused-ring (bicyclic) bond motifs is 1. The van der Waals surface area contributed by atoms with Crippen LogP contribution in [-0.4, -0.2) is 4.98 Å². The van der Waals surface area contributed by atoms with Gasteiger partial charge in [0.2, 0.25) is 0 Å². The van der Waals surface area contributed by atoms with E-state index < -0.39 is 0 Å². The summed E-state index contributed by atoms with van der Waals surface area (Å²) in [5, 5.41) is 2.11. The second-order valence-electron chi connectivity index (χ2n) is 2.57. The lowest BCUT2D eigenvalue weighted by Gasteiger charge is -2.02. The standard InChI is InChI=1S/C9H4BrCl2N/c10-6-1-2-13-8-4-5(11)3-7(12)9(6)8/h1-4H. The van der Waals surface area contributed by atoms with Crippen LogP contribution in [0.3, 0.4) is 0 Å². The molecule has 0 bridgehead atoms. The van der Waals surface area contributed by atoms with Crippen molar-refractivity contribution in [3.63, 3.8) is 0 Å². The van der Waals surface area contributed by atoms with Gasteiger partial charge in [0, 0.05) is 21.1 Å². The van der Waals surface area contributed by atoms with E-state index in [4.69, 9.17) is 23.2 Å². The highest BCUT2D eigenvalue weighted by atomic mass is 79.9. The molecule has 1 aromatic heterocycles. The molecule has 0 atom stereocenters. The molecule has 1 heterocycles. The van der Waals surface area contributed by atoms with E-state index in [0.29, 0.717) is 10.0 Å². The fourth-order valence-electron chi connectivity index (χ4n) is 1.16. The van der Waals surface area contributed by atoms with Gasteiger partial charge in [-0.1, -0.05) is 23.2 Å². The van der Waals surface area contributed by atoms with E-state index in [-0.39, 0.29) is 0 Å². The molecular formula is C9H4BrCl2N. The van der Waals surface area contributed by atoms with Gasteiger partial charge >= 0.3 is 0 Å². The number of pyridine rings is 1. The van der Waals surface area contributed by atoms with Gasteiger partial charge in [-0.25, -0.2) is 0 Å². The maximum absolute atomic E-state index is 6.01. The molecule has 1 aromatic carbocycles. The Hall–Kier alpha value is -0.310. The number of rotatable bonds is 0. The Balaban J connectivity index is 2.94. The van der Waals surface area contributed by atoms with Crippen molar-refractivity contribution in [3.05, 3.63) is 38.9 Å². The normalized spacial score (nSPS) is 10.7. The lowest BCUT2D eigenvalue weighted by Crippen LogP contribution is -1.80. The molecule has 66 valence electrons. The molecule has 0 fully saturated rings. The third-order valence-electron chi connectivity index (χ3n) is 1.71. The number of hydrogen-bond acceptors (Lipinski definition) is 1. The summed E-state index contributed by atoms with van der Waals surface area (Å²) in [4.78, 5) is 4.16. The molecule has 0 aliphatic rings. The molecule has 0 spiro atoms. The molecule has 0 unspecified atom stereocenters.